The molecular weight excluding hydrogens is 991 g/mol. The zero-order valence-corrected chi connectivity index (χ0v) is 43.5. The van der Waals surface area contributed by atoms with Crippen LogP contribution < -0.4 is 0 Å². The molecule has 6 aromatic heterocycles. The van der Waals surface area contributed by atoms with Crippen LogP contribution in [0.3, 0.4) is 0 Å². The molecule has 364 valence electrons. The molecule has 0 amide bonds. The molecule has 0 atom stereocenters. The predicted octanol–water partition coefficient (Wildman–Crippen LogP) is 14.8. The van der Waals surface area contributed by atoms with E-state index in [1.54, 1.807) is 14.2 Å². The number of methoxy groups -OCH3 is 2. The van der Waals surface area contributed by atoms with Crippen molar-refractivity contribution in [2.45, 2.75) is 72.2 Å². The SMILES string of the molecule is COCCOCCOCCc1sc(-c2sc(-c3cc(C)c(C)s3)cc2C2=C(c3cc(-c4cc(C)c(C)s4)sc3-c3cc(C)c(CCOCCOCCOC)s3)C(F)(F)C(F)(F)C2(F)F)cc1C. The third-order valence-electron chi connectivity index (χ3n) is 11.5. The van der Waals surface area contributed by atoms with Gasteiger partial charge in [0.25, 0.3) is 0 Å². The summed E-state index contributed by atoms with van der Waals surface area (Å²) in [4.78, 5) is 7.79. The molecule has 18 heteroatoms. The fourth-order valence-electron chi connectivity index (χ4n) is 7.60. The fourth-order valence-corrected chi connectivity index (χ4v) is 14.7. The van der Waals surface area contributed by atoms with Gasteiger partial charge in [0.1, 0.15) is 0 Å². The van der Waals surface area contributed by atoms with Gasteiger partial charge in [0.05, 0.1) is 75.8 Å². The molecule has 0 bridgehead atoms. The first-order chi connectivity index (χ1) is 31.9. The topological polar surface area (TPSA) is 55.4 Å². The van der Waals surface area contributed by atoms with E-state index in [4.69, 9.17) is 28.4 Å². The minimum Gasteiger partial charge on any atom is -0.382 e. The molecule has 7 rings (SSSR count). The highest BCUT2D eigenvalue weighted by molar-refractivity contribution is 7.27. The number of allylic oxidation sites excluding steroid dienone is 2. The van der Waals surface area contributed by atoms with Crippen molar-refractivity contribution in [3.05, 3.63) is 89.3 Å². The summed E-state index contributed by atoms with van der Waals surface area (Å²) in [7, 11) is 3.19. The maximum atomic E-state index is 17.0. The van der Waals surface area contributed by atoms with Crippen LogP contribution in [0.2, 0.25) is 0 Å². The second-order valence-electron chi connectivity index (χ2n) is 16.2. The van der Waals surface area contributed by atoms with Crippen molar-refractivity contribution in [2.24, 2.45) is 0 Å². The van der Waals surface area contributed by atoms with Gasteiger partial charge in [0.15, 0.2) is 0 Å². The summed E-state index contributed by atoms with van der Waals surface area (Å²) in [5, 5.41) is 0. The molecular formula is C49H54F6O6S6. The van der Waals surface area contributed by atoms with E-state index in [1.165, 1.54) is 57.5 Å². The van der Waals surface area contributed by atoms with Crippen LogP contribution in [-0.4, -0.2) is 98.1 Å². The normalized spacial score (nSPS) is 15.5. The van der Waals surface area contributed by atoms with E-state index >= 15 is 26.3 Å². The minimum absolute atomic E-state index is 0.228. The molecule has 0 aliphatic heterocycles. The van der Waals surface area contributed by atoms with E-state index in [0.717, 1.165) is 74.2 Å². The Balaban J connectivity index is 1.36. The van der Waals surface area contributed by atoms with Crippen molar-refractivity contribution in [2.75, 3.05) is 80.3 Å². The van der Waals surface area contributed by atoms with Crippen LogP contribution in [0.25, 0.3) is 50.2 Å². The van der Waals surface area contributed by atoms with Gasteiger partial charge in [-0.1, -0.05) is 0 Å². The van der Waals surface area contributed by atoms with Crippen LogP contribution in [0.1, 0.15) is 52.9 Å². The Bertz CT molecular complexity index is 2450. The zero-order valence-electron chi connectivity index (χ0n) is 38.6. The average Bonchev–Trinajstić information content (AvgIpc) is 4.15. The fraction of sp³-hybridized carbons (Fsp3) is 0.469. The number of aryl methyl sites for hydroxylation is 6. The van der Waals surface area contributed by atoms with E-state index in [0.29, 0.717) is 98.4 Å². The summed E-state index contributed by atoms with van der Waals surface area (Å²) < 4.78 is 133. The third kappa shape index (κ3) is 11.0. The molecule has 0 spiro atoms. The molecule has 67 heavy (non-hydrogen) atoms. The van der Waals surface area contributed by atoms with Crippen LogP contribution in [0.4, 0.5) is 26.3 Å². The van der Waals surface area contributed by atoms with Gasteiger partial charge in [0, 0.05) is 98.1 Å². The Labute approximate surface area is 412 Å². The lowest BCUT2D eigenvalue weighted by Gasteiger charge is -2.25. The van der Waals surface area contributed by atoms with Crippen molar-refractivity contribution in [1.82, 2.24) is 0 Å². The lowest BCUT2D eigenvalue weighted by Crippen LogP contribution is -2.48. The van der Waals surface area contributed by atoms with Crippen molar-refractivity contribution in [3.8, 4) is 39.0 Å². The number of rotatable bonds is 24. The number of halogens is 6. The minimum atomic E-state index is -5.75. The highest BCUT2D eigenvalue weighted by Crippen LogP contribution is 2.68. The van der Waals surface area contributed by atoms with Crippen molar-refractivity contribution >= 4 is 79.2 Å². The Morgan fingerprint density at radius 1 is 0.388 bits per heavy atom. The lowest BCUT2D eigenvalue weighted by molar-refractivity contribution is -0.254. The summed E-state index contributed by atoms with van der Waals surface area (Å²) in [6, 6.07) is 10.3. The Morgan fingerprint density at radius 3 is 1.06 bits per heavy atom. The molecule has 0 N–H and O–H groups in total. The van der Waals surface area contributed by atoms with E-state index in [-0.39, 0.29) is 20.9 Å². The third-order valence-corrected chi connectivity index (χ3v) is 19.5. The standard InChI is InChI=1S/C49H54F6O6S6/c1-27-21-37(62-31(27)5)39-25-33(45(66-39)41-23-29(3)35(64-41)9-11-58-17-19-60-15-13-56-7)43-44(48(52,53)49(54,55)47(43,50)51)34-26-40(38-22-28(2)32(6)63-38)67-46(34)42-24-30(4)36(65-42)10-12-59-18-20-61-16-14-57-8/h21-26H,9-20H2,1-8H3. The van der Waals surface area contributed by atoms with Gasteiger partial charge < -0.3 is 28.4 Å². The van der Waals surface area contributed by atoms with Crippen LogP contribution >= 0.6 is 68.0 Å². The molecule has 6 nitrogen and oxygen atoms in total. The molecule has 6 aromatic rings. The van der Waals surface area contributed by atoms with E-state index < -0.39 is 28.9 Å². The molecule has 0 saturated heterocycles. The van der Waals surface area contributed by atoms with Crippen LogP contribution in [0, 0.1) is 41.5 Å². The monoisotopic (exact) mass is 1040 g/mol. The maximum absolute atomic E-state index is 17.0. The molecule has 0 radical (unpaired) electrons. The number of hydrogen-bond donors (Lipinski definition) is 0. The second-order valence-corrected chi connectivity index (χ2v) is 23.1. The number of hydrogen-bond acceptors (Lipinski definition) is 12. The summed E-state index contributed by atoms with van der Waals surface area (Å²) >= 11 is 7.83. The van der Waals surface area contributed by atoms with Crippen molar-refractivity contribution in [3.63, 3.8) is 0 Å². The molecule has 0 fully saturated rings. The van der Waals surface area contributed by atoms with Gasteiger partial charge in [-0.15, -0.1) is 68.0 Å². The summed E-state index contributed by atoms with van der Waals surface area (Å²) in [5.41, 5.74) is 0.276. The number of alkyl halides is 6. The van der Waals surface area contributed by atoms with Crippen LogP contribution in [0.5, 0.6) is 0 Å². The predicted molar refractivity (Wildman–Crippen MR) is 266 cm³/mol. The highest BCUT2D eigenvalue weighted by Gasteiger charge is 2.80. The Morgan fingerprint density at radius 2 is 0.716 bits per heavy atom. The smallest absolute Gasteiger partial charge is 0.380 e. The largest absolute Gasteiger partial charge is 0.382 e. The molecule has 0 aromatic carbocycles. The highest BCUT2D eigenvalue weighted by atomic mass is 32.1. The molecule has 6 heterocycles. The maximum Gasteiger partial charge on any atom is 0.380 e. The lowest BCUT2D eigenvalue weighted by atomic mass is 9.94. The summed E-state index contributed by atoms with van der Waals surface area (Å²) in [6.07, 6.45) is 0.984. The quantitative estimate of drug-likeness (QED) is 0.0445. The molecule has 0 saturated carbocycles. The molecule has 1 aliphatic carbocycles. The first kappa shape index (κ1) is 52.1. The van der Waals surface area contributed by atoms with Crippen LogP contribution in [-0.2, 0) is 41.3 Å². The van der Waals surface area contributed by atoms with Gasteiger partial charge in [-0.3, -0.25) is 0 Å². The summed E-state index contributed by atoms with van der Waals surface area (Å²) in [5.74, 6) is -16.3. The van der Waals surface area contributed by atoms with E-state index in [1.807, 2.05) is 65.8 Å². The van der Waals surface area contributed by atoms with Crippen molar-refractivity contribution < 1.29 is 54.8 Å². The van der Waals surface area contributed by atoms with Gasteiger partial charge >= 0.3 is 17.8 Å². The van der Waals surface area contributed by atoms with E-state index in [2.05, 4.69) is 0 Å². The Hall–Kier alpha value is -2.72. The van der Waals surface area contributed by atoms with Gasteiger partial charge in [0.2, 0.25) is 0 Å². The molecule has 1 aliphatic rings. The van der Waals surface area contributed by atoms with E-state index in [9.17, 15) is 0 Å². The van der Waals surface area contributed by atoms with Gasteiger partial charge in [-0.2, -0.15) is 26.3 Å². The zero-order chi connectivity index (χ0) is 48.3. The number of ether oxygens (including phenoxy) is 6. The number of thiophene rings is 6. The van der Waals surface area contributed by atoms with Gasteiger partial charge in [-0.05, 0) is 100 Å². The summed E-state index contributed by atoms with van der Waals surface area (Å²) in [6.45, 7) is 15.5. The molecule has 0 unspecified atom stereocenters. The van der Waals surface area contributed by atoms with Crippen molar-refractivity contribution in [1.29, 1.82) is 0 Å². The average molecular weight is 1050 g/mol. The van der Waals surface area contributed by atoms with Crippen LogP contribution in [0.15, 0.2) is 36.4 Å². The first-order valence-corrected chi connectivity index (χ1v) is 26.6. The second kappa shape index (κ2) is 22.1. The first-order valence-electron chi connectivity index (χ1n) is 21.7. The Kier molecular flexibility index (Phi) is 17.2. The van der Waals surface area contributed by atoms with Gasteiger partial charge in [-0.25, -0.2) is 0 Å².